The van der Waals surface area contributed by atoms with Crippen molar-refractivity contribution in [2.45, 2.75) is 270 Å². The first-order chi connectivity index (χ1) is 25.5. The van der Waals surface area contributed by atoms with Crippen molar-refractivity contribution < 1.29 is 24.5 Å². The Kier molecular flexibility index (Phi) is 41.7. The Morgan fingerprint density at radius 1 is 0.462 bits per heavy atom. The summed E-state index contributed by atoms with van der Waals surface area (Å²) >= 11 is 0. The van der Waals surface area contributed by atoms with Crippen LogP contribution in [0.5, 0.6) is 0 Å². The second kappa shape index (κ2) is 42.6. The van der Waals surface area contributed by atoms with Crippen LogP contribution in [0.1, 0.15) is 258 Å². The van der Waals surface area contributed by atoms with Crippen molar-refractivity contribution in [3.05, 3.63) is 0 Å². The maximum absolute atomic E-state index is 12.4. The van der Waals surface area contributed by atoms with E-state index in [9.17, 15) is 19.8 Å². The number of ether oxygens (including phenoxy) is 1. The largest absolute Gasteiger partial charge is 0.466 e. The lowest BCUT2D eigenvalue weighted by atomic mass is 10.0. The molecule has 1 amide bonds. The van der Waals surface area contributed by atoms with E-state index >= 15 is 0 Å². The maximum Gasteiger partial charge on any atom is 0.305 e. The van der Waals surface area contributed by atoms with Gasteiger partial charge < -0.3 is 20.3 Å². The van der Waals surface area contributed by atoms with Gasteiger partial charge in [0, 0.05) is 12.8 Å². The molecule has 0 fully saturated rings. The van der Waals surface area contributed by atoms with Crippen LogP contribution < -0.4 is 5.32 Å². The van der Waals surface area contributed by atoms with Gasteiger partial charge in [-0.1, -0.05) is 219 Å². The molecule has 2 atom stereocenters. The predicted molar refractivity (Wildman–Crippen MR) is 223 cm³/mol. The van der Waals surface area contributed by atoms with Crippen LogP contribution in [0.2, 0.25) is 0 Å². The summed E-state index contributed by atoms with van der Waals surface area (Å²) in [5, 5.41) is 23.1. The number of amides is 1. The normalized spacial score (nSPS) is 12.6. The van der Waals surface area contributed by atoms with Crippen molar-refractivity contribution in [1.29, 1.82) is 0 Å². The molecule has 0 saturated carbocycles. The van der Waals surface area contributed by atoms with Crippen LogP contribution in [-0.4, -0.2) is 47.4 Å². The van der Waals surface area contributed by atoms with E-state index in [4.69, 9.17) is 4.74 Å². The SMILES string of the molecule is CCCCCCCCCCCCCCCC(O)C(CO)NC(=O)CCCCCCCCCCCCOC(=O)CCCCCCCCCCCCCC. The number of aliphatic hydroxyl groups is 2. The molecular weight excluding hydrogens is 647 g/mol. The van der Waals surface area contributed by atoms with Crippen LogP contribution in [0.4, 0.5) is 0 Å². The van der Waals surface area contributed by atoms with Gasteiger partial charge in [-0.15, -0.1) is 0 Å². The fourth-order valence-corrected chi connectivity index (χ4v) is 7.29. The second-order valence-corrected chi connectivity index (χ2v) is 16.1. The van der Waals surface area contributed by atoms with Gasteiger partial charge in [0.25, 0.3) is 0 Å². The molecule has 0 aliphatic carbocycles. The third-order valence-electron chi connectivity index (χ3n) is 10.9. The van der Waals surface area contributed by atoms with Crippen LogP contribution in [0, 0.1) is 0 Å². The number of hydrogen-bond acceptors (Lipinski definition) is 5. The van der Waals surface area contributed by atoms with Gasteiger partial charge in [-0.25, -0.2) is 0 Å². The molecule has 2 unspecified atom stereocenters. The molecule has 310 valence electrons. The molecule has 0 aliphatic heterocycles. The van der Waals surface area contributed by atoms with E-state index in [0.717, 1.165) is 57.8 Å². The minimum Gasteiger partial charge on any atom is -0.466 e. The van der Waals surface area contributed by atoms with Crippen molar-refractivity contribution in [3.8, 4) is 0 Å². The highest BCUT2D eigenvalue weighted by Gasteiger charge is 2.20. The molecule has 0 aliphatic rings. The average molecular weight is 738 g/mol. The zero-order chi connectivity index (χ0) is 38.0. The summed E-state index contributed by atoms with van der Waals surface area (Å²) < 4.78 is 5.44. The Labute approximate surface area is 324 Å². The van der Waals surface area contributed by atoms with Crippen molar-refractivity contribution in [1.82, 2.24) is 5.32 Å². The summed E-state index contributed by atoms with van der Waals surface area (Å²) in [6.45, 7) is 4.90. The van der Waals surface area contributed by atoms with Crippen molar-refractivity contribution in [2.75, 3.05) is 13.2 Å². The van der Waals surface area contributed by atoms with Gasteiger partial charge in [-0.05, 0) is 25.7 Å². The highest BCUT2D eigenvalue weighted by Crippen LogP contribution is 2.16. The maximum atomic E-state index is 12.4. The van der Waals surface area contributed by atoms with Crippen molar-refractivity contribution in [3.63, 3.8) is 0 Å². The minimum atomic E-state index is -0.675. The zero-order valence-electron chi connectivity index (χ0n) is 35.1. The summed E-state index contributed by atoms with van der Waals surface area (Å²) in [5.74, 6) is -0.0749. The van der Waals surface area contributed by atoms with E-state index in [2.05, 4.69) is 19.2 Å². The summed E-state index contributed by atoms with van der Waals surface area (Å²) in [6, 6.07) is -0.555. The van der Waals surface area contributed by atoms with E-state index in [1.54, 1.807) is 0 Å². The van der Waals surface area contributed by atoms with Crippen LogP contribution in [0.25, 0.3) is 0 Å². The van der Waals surface area contributed by atoms with E-state index in [-0.39, 0.29) is 18.5 Å². The Balaban J connectivity index is 3.48. The van der Waals surface area contributed by atoms with Gasteiger partial charge >= 0.3 is 5.97 Å². The van der Waals surface area contributed by atoms with Crippen LogP contribution in [0.3, 0.4) is 0 Å². The first-order valence-electron chi connectivity index (χ1n) is 23.3. The number of hydrogen-bond donors (Lipinski definition) is 3. The van der Waals surface area contributed by atoms with Gasteiger partial charge in [0.1, 0.15) is 0 Å². The first-order valence-corrected chi connectivity index (χ1v) is 23.3. The lowest BCUT2D eigenvalue weighted by Crippen LogP contribution is -2.45. The van der Waals surface area contributed by atoms with E-state index in [0.29, 0.717) is 25.9 Å². The van der Waals surface area contributed by atoms with E-state index < -0.39 is 12.1 Å². The Hall–Kier alpha value is -1.14. The van der Waals surface area contributed by atoms with Gasteiger partial charge in [0.15, 0.2) is 0 Å². The number of aliphatic hydroxyl groups excluding tert-OH is 2. The summed E-state index contributed by atoms with van der Waals surface area (Å²) in [6.07, 6.45) is 44.8. The van der Waals surface area contributed by atoms with Gasteiger partial charge in [-0.2, -0.15) is 0 Å². The molecule has 0 radical (unpaired) electrons. The first kappa shape index (κ1) is 50.9. The predicted octanol–water partition coefficient (Wildman–Crippen LogP) is 13.2. The number of carbonyl (C=O) groups is 2. The fraction of sp³-hybridized carbons (Fsp3) is 0.957. The number of esters is 1. The van der Waals surface area contributed by atoms with Gasteiger partial charge in [0.05, 0.1) is 25.4 Å². The minimum absolute atomic E-state index is 0.0180. The lowest BCUT2D eigenvalue weighted by Gasteiger charge is -2.22. The Morgan fingerprint density at radius 2 is 0.788 bits per heavy atom. The average Bonchev–Trinajstić information content (AvgIpc) is 3.14. The molecule has 3 N–H and O–H groups in total. The van der Waals surface area contributed by atoms with Gasteiger partial charge in [0.2, 0.25) is 5.91 Å². The molecule has 0 aromatic rings. The number of carbonyl (C=O) groups excluding carboxylic acids is 2. The monoisotopic (exact) mass is 738 g/mol. The lowest BCUT2D eigenvalue weighted by molar-refractivity contribution is -0.143. The summed E-state index contributed by atoms with van der Waals surface area (Å²) in [4.78, 5) is 24.4. The highest BCUT2D eigenvalue weighted by atomic mass is 16.5. The quantitative estimate of drug-likeness (QED) is 0.0428. The summed E-state index contributed by atoms with van der Waals surface area (Å²) in [5.41, 5.74) is 0. The number of nitrogens with one attached hydrogen (secondary N) is 1. The Morgan fingerprint density at radius 3 is 1.17 bits per heavy atom. The molecule has 0 rings (SSSR count). The number of rotatable bonds is 43. The second-order valence-electron chi connectivity index (χ2n) is 16.1. The molecule has 0 heterocycles. The molecular formula is C46H91NO5. The van der Waals surface area contributed by atoms with Crippen LogP contribution in [0.15, 0.2) is 0 Å². The molecule has 0 spiro atoms. The third kappa shape index (κ3) is 38.6. The van der Waals surface area contributed by atoms with Gasteiger partial charge in [-0.3, -0.25) is 9.59 Å². The van der Waals surface area contributed by atoms with E-state index in [1.165, 1.54) is 167 Å². The molecule has 52 heavy (non-hydrogen) atoms. The number of unbranched alkanes of at least 4 members (excludes halogenated alkanes) is 32. The fourth-order valence-electron chi connectivity index (χ4n) is 7.29. The highest BCUT2D eigenvalue weighted by molar-refractivity contribution is 5.76. The Bertz CT molecular complexity index is 732. The van der Waals surface area contributed by atoms with Crippen molar-refractivity contribution >= 4 is 11.9 Å². The summed E-state index contributed by atoms with van der Waals surface area (Å²) in [7, 11) is 0. The molecule has 0 bridgehead atoms. The molecule has 0 aromatic carbocycles. The topological polar surface area (TPSA) is 95.9 Å². The van der Waals surface area contributed by atoms with E-state index in [1.807, 2.05) is 0 Å². The zero-order valence-corrected chi connectivity index (χ0v) is 35.1. The standard InChI is InChI=1S/C46H91NO5/c1-3-5-7-9-11-13-15-17-18-22-26-30-34-38-44(49)43(42-48)47-45(50)39-35-31-27-23-20-21-25-29-33-37-41-52-46(51)40-36-32-28-24-19-16-14-12-10-8-6-4-2/h43-44,48-49H,3-42H2,1-2H3,(H,47,50). The molecule has 0 saturated heterocycles. The smallest absolute Gasteiger partial charge is 0.305 e. The molecule has 6 nitrogen and oxygen atoms in total. The van der Waals surface area contributed by atoms with Crippen LogP contribution in [-0.2, 0) is 14.3 Å². The molecule has 0 aromatic heterocycles. The third-order valence-corrected chi connectivity index (χ3v) is 10.9. The van der Waals surface area contributed by atoms with Crippen LogP contribution >= 0.6 is 0 Å². The molecule has 6 heteroatoms. The van der Waals surface area contributed by atoms with Crippen molar-refractivity contribution in [2.24, 2.45) is 0 Å².